The minimum Gasteiger partial charge on any atom is -0.482 e. The van der Waals surface area contributed by atoms with Crippen LogP contribution in [0.2, 0.25) is 0 Å². The number of aliphatic hydroxyl groups is 1. The van der Waals surface area contributed by atoms with Gasteiger partial charge in [-0.15, -0.1) is 0 Å². The second kappa shape index (κ2) is 15.9. The Bertz CT molecular complexity index is 803. The first-order chi connectivity index (χ1) is 16.9. The monoisotopic (exact) mass is 506 g/mol. The maximum absolute atomic E-state index is 12.0. The van der Waals surface area contributed by atoms with Gasteiger partial charge in [0.25, 0.3) is 0 Å². The van der Waals surface area contributed by atoms with Crippen LogP contribution in [0.25, 0.3) is 0 Å². The Hall–Kier alpha value is -2.12. The van der Waals surface area contributed by atoms with E-state index in [2.05, 4.69) is 59.0 Å². The van der Waals surface area contributed by atoms with Crippen molar-refractivity contribution in [1.82, 2.24) is 5.32 Å². The quantitative estimate of drug-likeness (QED) is 0.225. The van der Waals surface area contributed by atoms with Crippen LogP contribution in [-0.2, 0) is 26.2 Å². The van der Waals surface area contributed by atoms with E-state index >= 15 is 0 Å². The van der Waals surface area contributed by atoms with Crippen LogP contribution < -0.4 is 15.8 Å². The number of nitrogens with one attached hydrogen (secondary N) is 1. The first-order valence-electron chi connectivity index (χ1n) is 13.5. The fourth-order valence-corrected chi connectivity index (χ4v) is 4.05. The first-order valence-corrected chi connectivity index (χ1v) is 13.5. The van der Waals surface area contributed by atoms with Crippen LogP contribution >= 0.6 is 0 Å². The highest BCUT2D eigenvalue weighted by atomic mass is 16.6. The molecule has 0 saturated heterocycles. The molecule has 0 saturated carbocycles. The summed E-state index contributed by atoms with van der Waals surface area (Å²) in [6, 6.07) is 6.11. The average Bonchev–Trinajstić information content (AvgIpc) is 2.80. The molecule has 7 heteroatoms. The molecular formula is C29H50N2O5. The molecular weight excluding hydrogens is 456 g/mol. The Morgan fingerprint density at radius 3 is 2.42 bits per heavy atom. The molecule has 0 unspecified atom stereocenters. The van der Waals surface area contributed by atoms with Crippen molar-refractivity contribution in [2.24, 2.45) is 17.6 Å². The van der Waals surface area contributed by atoms with Crippen LogP contribution in [-0.4, -0.2) is 48.9 Å². The fourth-order valence-electron chi connectivity index (χ4n) is 4.05. The third-order valence-electron chi connectivity index (χ3n) is 6.56. The van der Waals surface area contributed by atoms with E-state index in [1.165, 1.54) is 0 Å². The SMILES string of the molecule is CCCCNC(=O)[C@@H](O)CC[C@H](N)C[C@H](Cc1ccc(C(C)(C)C)cc1OCC(=O)OCC)C(C)C. The number of aliphatic hydroxyl groups excluding tert-OH is 1. The van der Waals surface area contributed by atoms with Crippen molar-refractivity contribution in [3.8, 4) is 5.75 Å². The lowest BCUT2D eigenvalue weighted by atomic mass is 9.81. The van der Waals surface area contributed by atoms with Crippen molar-refractivity contribution < 1.29 is 24.2 Å². The molecule has 0 fully saturated rings. The van der Waals surface area contributed by atoms with Crippen LogP contribution in [0, 0.1) is 11.8 Å². The van der Waals surface area contributed by atoms with Gasteiger partial charge in [0.05, 0.1) is 6.61 Å². The standard InChI is InChI=1S/C29H50N2O5/c1-8-10-15-31-28(34)25(32)14-13-24(30)17-22(20(3)4)16-21-11-12-23(29(5,6)7)18-26(21)36-19-27(33)35-9-2/h11-12,18,20,22,24-25,32H,8-10,13-17,19,30H2,1-7H3,(H,31,34)/t22-,24-,25-/m0/s1. The zero-order valence-electron chi connectivity index (χ0n) is 23.6. The van der Waals surface area contributed by atoms with Gasteiger partial charge in [-0.05, 0) is 73.5 Å². The maximum atomic E-state index is 12.0. The van der Waals surface area contributed by atoms with Crippen molar-refractivity contribution in [2.75, 3.05) is 19.8 Å². The van der Waals surface area contributed by atoms with E-state index in [0.29, 0.717) is 37.7 Å². The Balaban J connectivity index is 2.87. The lowest BCUT2D eigenvalue weighted by Crippen LogP contribution is -2.36. The summed E-state index contributed by atoms with van der Waals surface area (Å²) in [6.07, 6.45) is 3.30. The summed E-state index contributed by atoms with van der Waals surface area (Å²) in [7, 11) is 0. The summed E-state index contributed by atoms with van der Waals surface area (Å²) in [4.78, 5) is 24.0. The lowest BCUT2D eigenvalue weighted by Gasteiger charge is -2.27. The van der Waals surface area contributed by atoms with Gasteiger partial charge in [-0.1, -0.05) is 60.1 Å². The van der Waals surface area contributed by atoms with E-state index in [1.807, 2.05) is 6.07 Å². The Kier molecular flexibility index (Phi) is 14.1. The highest BCUT2D eigenvalue weighted by Gasteiger charge is 2.23. The normalized spacial score (nSPS) is 14.3. The van der Waals surface area contributed by atoms with Gasteiger partial charge in [-0.25, -0.2) is 4.79 Å². The number of esters is 1. The number of nitrogens with two attached hydrogens (primary N) is 1. The molecule has 3 atom stereocenters. The number of ether oxygens (including phenoxy) is 2. The molecule has 7 nitrogen and oxygen atoms in total. The second-order valence-corrected chi connectivity index (χ2v) is 11.1. The molecule has 1 amide bonds. The number of hydrogen-bond acceptors (Lipinski definition) is 6. The number of carbonyl (C=O) groups excluding carboxylic acids is 2. The minimum atomic E-state index is -1.03. The van der Waals surface area contributed by atoms with Crippen molar-refractivity contribution in [1.29, 1.82) is 0 Å². The topological polar surface area (TPSA) is 111 Å². The molecule has 1 rings (SSSR count). The van der Waals surface area contributed by atoms with E-state index in [1.54, 1.807) is 6.92 Å². The molecule has 36 heavy (non-hydrogen) atoms. The van der Waals surface area contributed by atoms with Gasteiger partial charge in [0.2, 0.25) is 5.91 Å². The average molecular weight is 507 g/mol. The summed E-state index contributed by atoms with van der Waals surface area (Å²) < 4.78 is 11.0. The summed E-state index contributed by atoms with van der Waals surface area (Å²) in [5.74, 6) is 0.649. The van der Waals surface area contributed by atoms with Crippen LogP contribution in [0.5, 0.6) is 5.75 Å². The van der Waals surface area contributed by atoms with E-state index in [4.69, 9.17) is 15.2 Å². The van der Waals surface area contributed by atoms with Gasteiger partial charge in [-0.2, -0.15) is 0 Å². The van der Waals surface area contributed by atoms with Crippen LogP contribution in [0.1, 0.15) is 91.7 Å². The predicted molar refractivity (Wildman–Crippen MR) is 145 cm³/mol. The van der Waals surface area contributed by atoms with Crippen LogP contribution in [0.4, 0.5) is 0 Å². The molecule has 0 spiro atoms. The summed E-state index contributed by atoms with van der Waals surface area (Å²) in [5, 5.41) is 13.0. The molecule has 0 aliphatic carbocycles. The summed E-state index contributed by atoms with van der Waals surface area (Å²) in [5.41, 5.74) is 8.57. The highest BCUT2D eigenvalue weighted by Crippen LogP contribution is 2.32. The maximum Gasteiger partial charge on any atom is 0.344 e. The van der Waals surface area contributed by atoms with Crippen LogP contribution in [0.3, 0.4) is 0 Å². The number of amides is 1. The largest absolute Gasteiger partial charge is 0.482 e. The number of hydrogen-bond donors (Lipinski definition) is 3. The Morgan fingerprint density at radius 2 is 1.83 bits per heavy atom. The van der Waals surface area contributed by atoms with Gasteiger partial charge < -0.3 is 25.6 Å². The van der Waals surface area contributed by atoms with Gasteiger partial charge >= 0.3 is 5.97 Å². The summed E-state index contributed by atoms with van der Waals surface area (Å²) in [6.45, 7) is 15.4. The molecule has 1 aromatic rings. The second-order valence-electron chi connectivity index (χ2n) is 11.1. The first kappa shape index (κ1) is 31.9. The summed E-state index contributed by atoms with van der Waals surface area (Å²) >= 11 is 0. The molecule has 206 valence electrons. The van der Waals surface area contributed by atoms with E-state index in [0.717, 1.165) is 36.8 Å². The molecule has 1 aromatic carbocycles. The zero-order valence-corrected chi connectivity index (χ0v) is 23.6. The molecule has 4 N–H and O–H groups in total. The van der Waals surface area contributed by atoms with Crippen molar-refractivity contribution in [3.63, 3.8) is 0 Å². The Morgan fingerprint density at radius 1 is 1.14 bits per heavy atom. The van der Waals surface area contributed by atoms with E-state index in [-0.39, 0.29) is 35.9 Å². The van der Waals surface area contributed by atoms with E-state index in [9.17, 15) is 14.7 Å². The van der Waals surface area contributed by atoms with Gasteiger partial charge in [0.1, 0.15) is 11.9 Å². The van der Waals surface area contributed by atoms with E-state index < -0.39 is 6.10 Å². The van der Waals surface area contributed by atoms with Crippen molar-refractivity contribution >= 4 is 11.9 Å². The third-order valence-corrected chi connectivity index (χ3v) is 6.56. The van der Waals surface area contributed by atoms with Crippen molar-refractivity contribution in [3.05, 3.63) is 29.3 Å². The highest BCUT2D eigenvalue weighted by molar-refractivity contribution is 5.80. The number of rotatable bonds is 16. The Labute approximate surface area is 218 Å². The number of carbonyl (C=O) groups is 2. The smallest absolute Gasteiger partial charge is 0.344 e. The fraction of sp³-hybridized carbons (Fsp3) is 0.724. The molecule has 0 heterocycles. The third kappa shape index (κ3) is 11.7. The molecule has 0 aliphatic rings. The lowest BCUT2D eigenvalue weighted by molar-refractivity contribution is -0.145. The molecule has 0 aliphatic heterocycles. The van der Waals surface area contributed by atoms with Gasteiger partial charge in [-0.3, -0.25) is 4.79 Å². The molecule has 0 radical (unpaired) electrons. The van der Waals surface area contributed by atoms with Gasteiger partial charge in [0, 0.05) is 12.6 Å². The zero-order chi connectivity index (χ0) is 27.3. The predicted octanol–water partition coefficient (Wildman–Crippen LogP) is 4.52. The van der Waals surface area contributed by atoms with Crippen molar-refractivity contribution in [2.45, 2.75) is 105 Å². The minimum absolute atomic E-state index is 0.0516. The molecule has 0 bridgehead atoms. The van der Waals surface area contributed by atoms with Gasteiger partial charge in [0.15, 0.2) is 6.61 Å². The van der Waals surface area contributed by atoms with Crippen LogP contribution in [0.15, 0.2) is 18.2 Å². The molecule has 0 aromatic heterocycles. The number of unbranched alkanes of at least 4 members (excludes halogenated alkanes) is 1. The number of benzene rings is 1.